The number of nitrogens with one attached hydrogen (secondary N) is 2. The lowest BCUT2D eigenvalue weighted by atomic mass is 9.75. The zero-order valence-corrected chi connectivity index (χ0v) is 11.2. The first-order chi connectivity index (χ1) is 9.46. The molecule has 0 heterocycles. The molecule has 0 aromatic heterocycles. The molecule has 0 radical (unpaired) electrons. The zero-order chi connectivity index (χ0) is 14.8. The highest BCUT2D eigenvalue weighted by Crippen LogP contribution is 2.34. The Bertz CT molecular complexity index is 536. The average Bonchev–Trinajstić information content (AvgIpc) is 2.36. The van der Waals surface area contributed by atoms with Crippen LogP contribution in [0, 0.1) is 5.82 Å². The van der Waals surface area contributed by atoms with Crippen molar-refractivity contribution in [1.29, 1.82) is 0 Å². The third-order valence-corrected chi connectivity index (χ3v) is 3.83. The van der Waals surface area contributed by atoms with Gasteiger partial charge in [-0.15, -0.1) is 0 Å². The van der Waals surface area contributed by atoms with E-state index in [2.05, 4.69) is 10.6 Å². The molecule has 0 aliphatic heterocycles. The summed E-state index contributed by atoms with van der Waals surface area (Å²) in [5, 5.41) is 14.0. The minimum atomic E-state index is -1.21. The predicted octanol–water partition coefficient (Wildman–Crippen LogP) is 2.98. The lowest BCUT2D eigenvalue weighted by Gasteiger charge is -2.41. The van der Waals surface area contributed by atoms with E-state index in [4.69, 9.17) is 5.11 Å². The van der Waals surface area contributed by atoms with Crippen molar-refractivity contribution >= 4 is 17.7 Å². The van der Waals surface area contributed by atoms with E-state index in [0.29, 0.717) is 0 Å². The van der Waals surface area contributed by atoms with E-state index < -0.39 is 17.8 Å². The second-order valence-corrected chi connectivity index (χ2v) is 5.07. The lowest BCUT2D eigenvalue weighted by Crippen LogP contribution is -2.54. The summed E-state index contributed by atoms with van der Waals surface area (Å²) in [7, 11) is 0. The molecule has 1 aliphatic rings. The van der Waals surface area contributed by atoms with E-state index in [9.17, 15) is 14.0 Å². The first kappa shape index (κ1) is 14.3. The molecule has 1 aromatic carbocycles. The largest absolute Gasteiger partial charge is 0.478 e. The number of urea groups is 1. The number of carbonyl (C=O) groups is 2. The summed E-state index contributed by atoms with van der Waals surface area (Å²) >= 11 is 0. The highest BCUT2D eigenvalue weighted by Gasteiger charge is 2.36. The van der Waals surface area contributed by atoms with Crippen molar-refractivity contribution in [3.8, 4) is 0 Å². The third-order valence-electron chi connectivity index (χ3n) is 3.83. The van der Waals surface area contributed by atoms with Crippen LogP contribution < -0.4 is 10.6 Å². The molecule has 0 atom stereocenters. The molecule has 1 saturated carbocycles. The van der Waals surface area contributed by atoms with Crippen LogP contribution in [0.15, 0.2) is 18.2 Å². The summed E-state index contributed by atoms with van der Waals surface area (Å²) in [6.07, 6.45) is 3.77. The molecule has 6 heteroatoms. The van der Waals surface area contributed by atoms with E-state index >= 15 is 0 Å². The van der Waals surface area contributed by atoms with Crippen LogP contribution in [0.25, 0.3) is 0 Å². The number of halogens is 1. The molecule has 3 N–H and O–H groups in total. The third kappa shape index (κ3) is 2.89. The van der Waals surface area contributed by atoms with E-state index in [0.717, 1.165) is 31.7 Å². The van der Waals surface area contributed by atoms with Crippen LogP contribution in [-0.4, -0.2) is 22.6 Å². The molecule has 0 saturated heterocycles. The van der Waals surface area contributed by atoms with E-state index in [1.54, 1.807) is 0 Å². The standard InChI is InChI=1S/C14H17FN2O3/c1-2-14(6-3-7-14)17-13(20)16-11-5-4-9(12(18)19)8-10(11)15/h4-5,8H,2-3,6-7H2,1H3,(H,18,19)(H2,16,17,20). The van der Waals surface area contributed by atoms with Crippen molar-refractivity contribution in [2.75, 3.05) is 5.32 Å². The molecule has 0 unspecified atom stereocenters. The Morgan fingerprint density at radius 2 is 2.10 bits per heavy atom. The Morgan fingerprint density at radius 1 is 1.40 bits per heavy atom. The van der Waals surface area contributed by atoms with E-state index in [1.165, 1.54) is 12.1 Å². The number of amides is 2. The summed E-state index contributed by atoms with van der Waals surface area (Å²) in [5.41, 5.74) is -0.364. The van der Waals surface area contributed by atoms with Gasteiger partial charge in [0.15, 0.2) is 0 Å². The molecule has 2 amide bonds. The molecule has 108 valence electrons. The normalized spacial score (nSPS) is 16.1. The van der Waals surface area contributed by atoms with Crippen LogP contribution in [0.2, 0.25) is 0 Å². The van der Waals surface area contributed by atoms with Crippen LogP contribution in [0.5, 0.6) is 0 Å². The molecule has 1 aliphatic carbocycles. The van der Waals surface area contributed by atoms with Gasteiger partial charge in [-0.05, 0) is 43.9 Å². The van der Waals surface area contributed by atoms with Crippen molar-refractivity contribution < 1.29 is 19.1 Å². The van der Waals surface area contributed by atoms with Gasteiger partial charge in [0.05, 0.1) is 11.3 Å². The van der Waals surface area contributed by atoms with Crippen molar-refractivity contribution in [2.24, 2.45) is 0 Å². The Balaban J connectivity index is 2.02. The molecular formula is C14H17FN2O3. The lowest BCUT2D eigenvalue weighted by molar-refractivity contribution is 0.0696. The number of aromatic carboxylic acids is 1. The van der Waals surface area contributed by atoms with Crippen LogP contribution in [0.1, 0.15) is 43.0 Å². The molecule has 0 spiro atoms. The Morgan fingerprint density at radius 3 is 2.55 bits per heavy atom. The number of hydrogen-bond acceptors (Lipinski definition) is 2. The summed E-state index contributed by atoms with van der Waals surface area (Å²) < 4.78 is 13.7. The topological polar surface area (TPSA) is 78.4 Å². The number of rotatable bonds is 4. The maximum absolute atomic E-state index is 13.7. The Hall–Kier alpha value is -2.11. The molecule has 1 fully saturated rings. The first-order valence-corrected chi connectivity index (χ1v) is 6.58. The SMILES string of the molecule is CCC1(NC(=O)Nc2ccc(C(=O)O)cc2F)CCC1. The molecule has 1 aromatic rings. The minimum Gasteiger partial charge on any atom is -0.478 e. The Kier molecular flexibility index (Phi) is 3.92. The van der Waals surface area contributed by atoms with E-state index in [1.807, 2.05) is 6.92 Å². The van der Waals surface area contributed by atoms with Gasteiger partial charge in [-0.1, -0.05) is 6.92 Å². The minimum absolute atomic E-state index is 0.0296. The molecular weight excluding hydrogens is 263 g/mol. The fraction of sp³-hybridized carbons (Fsp3) is 0.429. The molecule has 0 bridgehead atoms. The smallest absolute Gasteiger partial charge is 0.335 e. The van der Waals surface area contributed by atoms with Crippen molar-refractivity contribution in [2.45, 2.75) is 38.1 Å². The number of anilines is 1. The van der Waals surface area contributed by atoms with Crippen LogP contribution in [0.3, 0.4) is 0 Å². The highest BCUT2D eigenvalue weighted by atomic mass is 19.1. The van der Waals surface area contributed by atoms with Gasteiger partial charge >= 0.3 is 12.0 Å². The summed E-state index contributed by atoms with van der Waals surface area (Å²) in [6.45, 7) is 2.00. The van der Waals surface area contributed by atoms with Gasteiger partial charge in [0.2, 0.25) is 0 Å². The van der Waals surface area contributed by atoms with Crippen LogP contribution in [0.4, 0.5) is 14.9 Å². The number of carbonyl (C=O) groups excluding carboxylic acids is 1. The number of carboxylic acids is 1. The predicted molar refractivity (Wildman–Crippen MR) is 72.4 cm³/mol. The monoisotopic (exact) mass is 280 g/mol. The number of hydrogen-bond donors (Lipinski definition) is 3. The van der Waals surface area contributed by atoms with Gasteiger partial charge in [-0.2, -0.15) is 0 Å². The van der Waals surface area contributed by atoms with E-state index in [-0.39, 0.29) is 16.8 Å². The number of benzene rings is 1. The Labute approximate surface area is 116 Å². The van der Waals surface area contributed by atoms with Gasteiger partial charge in [0.1, 0.15) is 5.82 Å². The number of carboxylic acid groups (broad SMARTS) is 1. The maximum atomic E-state index is 13.7. The van der Waals surface area contributed by atoms with Crippen molar-refractivity contribution in [3.05, 3.63) is 29.6 Å². The van der Waals surface area contributed by atoms with Crippen molar-refractivity contribution in [1.82, 2.24) is 5.32 Å². The maximum Gasteiger partial charge on any atom is 0.335 e. The zero-order valence-electron chi connectivity index (χ0n) is 11.2. The molecule has 2 rings (SSSR count). The van der Waals surface area contributed by atoms with Gasteiger partial charge in [-0.3, -0.25) is 0 Å². The quantitative estimate of drug-likeness (QED) is 0.793. The second kappa shape index (κ2) is 5.48. The van der Waals surface area contributed by atoms with Gasteiger partial charge < -0.3 is 15.7 Å². The van der Waals surface area contributed by atoms with Gasteiger partial charge in [-0.25, -0.2) is 14.0 Å². The average molecular weight is 280 g/mol. The first-order valence-electron chi connectivity index (χ1n) is 6.58. The molecule has 20 heavy (non-hydrogen) atoms. The fourth-order valence-corrected chi connectivity index (χ4v) is 2.31. The summed E-state index contributed by atoms with van der Waals surface area (Å²) in [5.74, 6) is -1.97. The summed E-state index contributed by atoms with van der Waals surface area (Å²) in [4.78, 5) is 22.5. The van der Waals surface area contributed by atoms with Crippen LogP contribution in [-0.2, 0) is 0 Å². The van der Waals surface area contributed by atoms with Gasteiger partial charge in [0, 0.05) is 5.54 Å². The van der Waals surface area contributed by atoms with Crippen molar-refractivity contribution in [3.63, 3.8) is 0 Å². The van der Waals surface area contributed by atoms with Gasteiger partial charge in [0.25, 0.3) is 0 Å². The fourth-order valence-electron chi connectivity index (χ4n) is 2.31. The second-order valence-electron chi connectivity index (χ2n) is 5.07. The van der Waals surface area contributed by atoms with Crippen LogP contribution >= 0.6 is 0 Å². The highest BCUT2D eigenvalue weighted by molar-refractivity contribution is 5.92. The molecule has 5 nitrogen and oxygen atoms in total. The summed E-state index contributed by atoms with van der Waals surface area (Å²) in [6, 6.07) is 2.92.